The Morgan fingerprint density at radius 2 is 1.96 bits per heavy atom. The summed E-state index contributed by atoms with van der Waals surface area (Å²) in [6, 6.07) is 4.50. The topological polar surface area (TPSA) is 132 Å². The summed E-state index contributed by atoms with van der Waals surface area (Å²) >= 11 is 11.6. The number of rotatable bonds is 8. The summed E-state index contributed by atoms with van der Waals surface area (Å²) < 4.78 is 5.17. The summed E-state index contributed by atoms with van der Waals surface area (Å²) in [5, 5.41) is 41.6. The van der Waals surface area contributed by atoms with E-state index in [9.17, 15) is 20.1 Å². The van der Waals surface area contributed by atoms with Gasteiger partial charge in [-0.15, -0.1) is 0 Å². The zero-order valence-corrected chi connectivity index (χ0v) is 14.1. The molecule has 0 fully saturated rings. The Bertz CT molecular complexity index is 584. The number of aliphatic hydroxyl groups is 4. The minimum Gasteiger partial charge on any atom is -0.482 e. The minimum absolute atomic E-state index is 0.240. The van der Waals surface area contributed by atoms with Crippen LogP contribution in [0.25, 0.3) is 0 Å². The Morgan fingerprint density at radius 1 is 1.29 bits per heavy atom. The quantitative estimate of drug-likeness (QED) is 0.317. The van der Waals surface area contributed by atoms with Gasteiger partial charge in [-0.3, -0.25) is 4.79 Å². The van der Waals surface area contributed by atoms with Crippen molar-refractivity contribution >= 4 is 35.3 Å². The molecule has 0 aromatic heterocycles. The highest BCUT2D eigenvalue weighted by Crippen LogP contribution is 2.27. The van der Waals surface area contributed by atoms with Crippen LogP contribution in [0.4, 0.5) is 0 Å². The molecule has 0 radical (unpaired) electrons. The van der Waals surface area contributed by atoms with Crippen molar-refractivity contribution in [2.24, 2.45) is 5.10 Å². The third-order valence-corrected chi connectivity index (χ3v) is 3.39. The highest BCUT2D eigenvalue weighted by molar-refractivity contribution is 6.35. The van der Waals surface area contributed by atoms with E-state index in [1.165, 1.54) is 19.1 Å². The molecule has 1 aromatic carbocycles. The summed E-state index contributed by atoms with van der Waals surface area (Å²) in [7, 11) is 0. The largest absolute Gasteiger partial charge is 0.482 e. The first-order chi connectivity index (χ1) is 11.2. The fourth-order valence-electron chi connectivity index (χ4n) is 1.53. The zero-order chi connectivity index (χ0) is 18.3. The molecule has 1 rings (SSSR count). The van der Waals surface area contributed by atoms with Crippen LogP contribution in [0.15, 0.2) is 23.3 Å². The van der Waals surface area contributed by atoms with Gasteiger partial charge in [0.1, 0.15) is 24.1 Å². The predicted molar refractivity (Wildman–Crippen MR) is 88.3 cm³/mol. The van der Waals surface area contributed by atoms with Gasteiger partial charge in [-0.25, -0.2) is 5.43 Å². The van der Waals surface area contributed by atoms with E-state index >= 15 is 0 Å². The molecule has 0 unspecified atom stereocenters. The number of nitrogens with zero attached hydrogens (tertiary/aromatic N) is 1. The third-order valence-electron chi connectivity index (χ3n) is 2.86. The maximum absolute atomic E-state index is 11.5. The predicted octanol–water partition coefficient (Wildman–Crippen LogP) is -0.0623. The lowest BCUT2D eigenvalue weighted by molar-refractivity contribution is -0.123. The third kappa shape index (κ3) is 6.60. The molecule has 1 amide bonds. The van der Waals surface area contributed by atoms with Gasteiger partial charge in [-0.1, -0.05) is 23.2 Å². The van der Waals surface area contributed by atoms with Gasteiger partial charge in [-0.05, 0) is 25.1 Å². The molecule has 134 valence electrons. The average Bonchev–Trinajstić information content (AvgIpc) is 2.52. The van der Waals surface area contributed by atoms with Crippen molar-refractivity contribution in [1.82, 2.24) is 5.43 Å². The van der Waals surface area contributed by atoms with Crippen molar-refractivity contribution in [3.63, 3.8) is 0 Å². The molecule has 0 aliphatic carbocycles. The lowest BCUT2D eigenvalue weighted by Gasteiger charge is -2.22. The molecule has 0 spiro atoms. The second-order valence-corrected chi connectivity index (χ2v) is 5.73. The van der Waals surface area contributed by atoms with Gasteiger partial charge < -0.3 is 25.2 Å². The van der Waals surface area contributed by atoms with Crippen LogP contribution < -0.4 is 10.2 Å². The molecular weight excluding hydrogens is 363 g/mol. The zero-order valence-electron chi connectivity index (χ0n) is 12.6. The molecule has 0 saturated carbocycles. The smallest absolute Gasteiger partial charge is 0.277 e. The fraction of sp³-hybridized carbons (Fsp3) is 0.429. The van der Waals surface area contributed by atoms with E-state index < -0.39 is 36.9 Å². The summed E-state index contributed by atoms with van der Waals surface area (Å²) in [5.41, 5.74) is 2.06. The van der Waals surface area contributed by atoms with Crippen LogP contribution in [0.1, 0.15) is 6.92 Å². The normalized spacial score (nSPS) is 16.5. The van der Waals surface area contributed by atoms with Crippen LogP contribution in [-0.2, 0) is 4.79 Å². The van der Waals surface area contributed by atoms with Gasteiger partial charge in [0, 0.05) is 5.02 Å². The lowest BCUT2D eigenvalue weighted by Crippen LogP contribution is -2.44. The van der Waals surface area contributed by atoms with Crippen molar-refractivity contribution in [3.05, 3.63) is 28.2 Å². The second-order valence-electron chi connectivity index (χ2n) is 4.89. The van der Waals surface area contributed by atoms with Crippen LogP contribution in [0.2, 0.25) is 10.0 Å². The van der Waals surface area contributed by atoms with E-state index in [1.807, 2.05) is 0 Å². The number of carbonyl (C=O) groups is 1. The number of benzene rings is 1. The maximum Gasteiger partial charge on any atom is 0.277 e. The molecule has 10 heteroatoms. The number of hydrogen-bond acceptors (Lipinski definition) is 7. The first-order valence-corrected chi connectivity index (χ1v) is 7.60. The van der Waals surface area contributed by atoms with Crippen molar-refractivity contribution in [1.29, 1.82) is 0 Å². The molecule has 0 aliphatic heterocycles. The minimum atomic E-state index is -1.66. The molecular formula is C14H18Cl2N2O6. The number of hydrazone groups is 1. The van der Waals surface area contributed by atoms with Crippen LogP contribution in [0.3, 0.4) is 0 Å². The number of hydrogen-bond donors (Lipinski definition) is 5. The van der Waals surface area contributed by atoms with E-state index in [-0.39, 0.29) is 10.8 Å². The standard InChI is InChI=1S/C14H18Cl2N2O6/c1-7(19)13(22)14(23)10(20)5-17-18-12(21)6-24-11-3-2-8(15)4-9(11)16/h2-5,7,10,13-14,19-20,22-23H,6H2,1H3,(H,18,21)/b17-5-/t7-,10+,13-,14+/m0/s1. The number of amides is 1. The van der Waals surface area contributed by atoms with Gasteiger partial charge >= 0.3 is 0 Å². The number of ether oxygens (including phenoxy) is 1. The van der Waals surface area contributed by atoms with Gasteiger partial charge in [0.15, 0.2) is 6.61 Å². The molecule has 0 saturated heterocycles. The monoisotopic (exact) mass is 380 g/mol. The highest BCUT2D eigenvalue weighted by atomic mass is 35.5. The summed E-state index contributed by atoms with van der Waals surface area (Å²) in [5.74, 6) is -0.384. The van der Waals surface area contributed by atoms with Gasteiger partial charge in [-0.2, -0.15) is 5.10 Å². The Morgan fingerprint density at radius 3 is 2.54 bits per heavy atom. The summed E-state index contributed by atoms with van der Waals surface area (Å²) in [6.07, 6.45) is -5.23. The summed E-state index contributed by atoms with van der Waals surface area (Å²) in [6.45, 7) is 0.854. The van der Waals surface area contributed by atoms with Crippen LogP contribution in [0.5, 0.6) is 5.75 Å². The number of carbonyl (C=O) groups excluding carboxylic acids is 1. The van der Waals surface area contributed by atoms with Crippen molar-refractivity contribution in [3.8, 4) is 5.75 Å². The van der Waals surface area contributed by atoms with Gasteiger partial charge in [0.2, 0.25) is 0 Å². The lowest BCUT2D eigenvalue weighted by atomic mass is 10.1. The van der Waals surface area contributed by atoms with Crippen molar-refractivity contribution in [2.45, 2.75) is 31.3 Å². The number of nitrogens with one attached hydrogen (secondary N) is 1. The van der Waals surface area contributed by atoms with Crippen LogP contribution >= 0.6 is 23.2 Å². The molecule has 0 bridgehead atoms. The second kappa shape index (κ2) is 9.77. The van der Waals surface area contributed by atoms with Crippen LogP contribution in [0, 0.1) is 0 Å². The first-order valence-electron chi connectivity index (χ1n) is 6.84. The molecule has 24 heavy (non-hydrogen) atoms. The molecule has 8 nitrogen and oxygen atoms in total. The highest BCUT2D eigenvalue weighted by Gasteiger charge is 2.27. The van der Waals surface area contributed by atoms with Gasteiger partial charge in [0.05, 0.1) is 17.3 Å². The van der Waals surface area contributed by atoms with E-state index in [4.69, 9.17) is 33.0 Å². The van der Waals surface area contributed by atoms with E-state index in [2.05, 4.69) is 10.5 Å². The number of aliphatic hydroxyl groups excluding tert-OH is 4. The Balaban J connectivity index is 2.42. The molecule has 5 N–H and O–H groups in total. The van der Waals surface area contributed by atoms with E-state index in [0.717, 1.165) is 6.21 Å². The molecule has 0 aliphatic rings. The SMILES string of the molecule is C[C@H](O)[C@H](O)[C@H](O)[C@H](O)/C=N\NC(=O)COc1ccc(Cl)cc1Cl. The van der Waals surface area contributed by atoms with Crippen LogP contribution in [-0.4, -0.2) is 63.6 Å². The first kappa shape index (κ1) is 20.6. The van der Waals surface area contributed by atoms with E-state index in [1.54, 1.807) is 6.07 Å². The molecule has 0 heterocycles. The van der Waals surface area contributed by atoms with E-state index in [0.29, 0.717) is 5.02 Å². The van der Waals surface area contributed by atoms with Crippen molar-refractivity contribution < 1.29 is 30.0 Å². The Hall–Kier alpha value is -1.42. The Kier molecular flexibility index (Phi) is 8.40. The number of halogens is 2. The van der Waals surface area contributed by atoms with Gasteiger partial charge in [0.25, 0.3) is 5.91 Å². The Labute approximate surface area is 148 Å². The maximum atomic E-state index is 11.5. The fourth-order valence-corrected chi connectivity index (χ4v) is 1.99. The molecule has 1 aromatic rings. The molecule has 4 atom stereocenters. The average molecular weight is 381 g/mol. The van der Waals surface area contributed by atoms with Crippen molar-refractivity contribution in [2.75, 3.05) is 6.61 Å². The summed E-state index contributed by atoms with van der Waals surface area (Å²) in [4.78, 5) is 11.5.